The molecule has 0 aliphatic rings. The van der Waals surface area contributed by atoms with Gasteiger partial charge in [-0.2, -0.15) is 0 Å². The fraction of sp³-hybridized carbons (Fsp3) is 0.133. The molecule has 2 aromatic rings. The Labute approximate surface area is 135 Å². The number of nitro groups is 1. The lowest BCUT2D eigenvalue weighted by atomic mass is 10.1. The molecular formula is C15H13BrN2O4. The minimum Gasteiger partial charge on any atom is -0.495 e. The summed E-state index contributed by atoms with van der Waals surface area (Å²) < 4.78 is 6.03. The number of hydrogen-bond acceptors (Lipinski definition) is 4. The Morgan fingerprint density at radius 3 is 2.55 bits per heavy atom. The first-order valence-corrected chi connectivity index (χ1v) is 7.15. The van der Waals surface area contributed by atoms with Crippen LogP contribution in [-0.4, -0.2) is 17.9 Å². The van der Waals surface area contributed by atoms with E-state index in [1.807, 2.05) is 24.3 Å². The number of rotatable bonds is 5. The second-order valence-electron chi connectivity index (χ2n) is 4.49. The zero-order valence-electron chi connectivity index (χ0n) is 11.7. The number of amides is 1. The quantitative estimate of drug-likeness (QED) is 0.649. The van der Waals surface area contributed by atoms with Crippen molar-refractivity contribution in [3.05, 3.63) is 62.6 Å². The molecule has 0 spiro atoms. The fourth-order valence-electron chi connectivity index (χ4n) is 1.89. The van der Waals surface area contributed by atoms with E-state index in [2.05, 4.69) is 21.2 Å². The number of carbonyl (C=O) groups is 1. The molecule has 0 aromatic heterocycles. The molecule has 0 saturated heterocycles. The van der Waals surface area contributed by atoms with Gasteiger partial charge in [0.1, 0.15) is 5.75 Å². The van der Waals surface area contributed by atoms with Crippen LogP contribution in [0.15, 0.2) is 46.9 Å². The Kier molecular flexibility index (Phi) is 5.11. The number of benzene rings is 2. The average Bonchev–Trinajstić information content (AvgIpc) is 2.49. The molecule has 0 aliphatic carbocycles. The van der Waals surface area contributed by atoms with Crippen molar-refractivity contribution in [1.82, 2.24) is 0 Å². The van der Waals surface area contributed by atoms with Crippen molar-refractivity contribution in [3.8, 4) is 5.75 Å². The Balaban J connectivity index is 2.14. The second kappa shape index (κ2) is 7.04. The smallest absolute Gasteiger partial charge is 0.271 e. The molecule has 1 N–H and O–H groups in total. The lowest BCUT2D eigenvalue weighted by Crippen LogP contribution is -2.15. The number of carbonyl (C=O) groups excluding carboxylic acids is 1. The van der Waals surface area contributed by atoms with Crippen LogP contribution in [0.1, 0.15) is 5.56 Å². The molecule has 7 heteroatoms. The van der Waals surface area contributed by atoms with Gasteiger partial charge in [-0.15, -0.1) is 0 Å². The zero-order chi connectivity index (χ0) is 16.1. The standard InChI is InChI=1S/C15H13BrN2O4/c1-22-14-7-6-12(18(20)21)9-13(14)17-15(19)8-10-2-4-11(16)5-3-10/h2-7,9H,8H2,1H3,(H,17,19). The van der Waals surface area contributed by atoms with Crippen LogP contribution in [0.5, 0.6) is 5.75 Å². The lowest BCUT2D eigenvalue weighted by Gasteiger charge is -2.10. The van der Waals surface area contributed by atoms with E-state index < -0.39 is 4.92 Å². The van der Waals surface area contributed by atoms with Crippen molar-refractivity contribution < 1.29 is 14.5 Å². The van der Waals surface area contributed by atoms with Gasteiger partial charge < -0.3 is 10.1 Å². The molecule has 0 unspecified atom stereocenters. The molecule has 0 saturated carbocycles. The van der Waals surface area contributed by atoms with Gasteiger partial charge in [0.05, 0.1) is 24.1 Å². The summed E-state index contributed by atoms with van der Waals surface area (Å²) in [5.74, 6) is 0.0934. The van der Waals surface area contributed by atoms with E-state index in [9.17, 15) is 14.9 Å². The summed E-state index contributed by atoms with van der Waals surface area (Å²) in [6.45, 7) is 0. The highest BCUT2D eigenvalue weighted by Crippen LogP contribution is 2.29. The Hall–Kier alpha value is -2.41. The third-order valence-corrected chi connectivity index (χ3v) is 3.47. The number of ether oxygens (including phenoxy) is 1. The Bertz CT molecular complexity index is 701. The van der Waals surface area contributed by atoms with E-state index >= 15 is 0 Å². The number of methoxy groups -OCH3 is 1. The summed E-state index contributed by atoms with van der Waals surface area (Å²) in [4.78, 5) is 22.4. The highest BCUT2D eigenvalue weighted by Gasteiger charge is 2.13. The van der Waals surface area contributed by atoms with Gasteiger partial charge in [-0.25, -0.2) is 0 Å². The van der Waals surface area contributed by atoms with Crippen LogP contribution in [0.3, 0.4) is 0 Å². The molecular weight excluding hydrogens is 352 g/mol. The van der Waals surface area contributed by atoms with E-state index in [1.54, 1.807) is 0 Å². The van der Waals surface area contributed by atoms with Gasteiger partial charge in [-0.05, 0) is 23.8 Å². The van der Waals surface area contributed by atoms with Crippen LogP contribution < -0.4 is 10.1 Å². The molecule has 0 bridgehead atoms. The zero-order valence-corrected chi connectivity index (χ0v) is 13.3. The third-order valence-electron chi connectivity index (χ3n) is 2.95. The number of halogens is 1. The maximum absolute atomic E-state index is 12.1. The Morgan fingerprint density at radius 1 is 1.27 bits per heavy atom. The Morgan fingerprint density at radius 2 is 1.95 bits per heavy atom. The summed E-state index contributed by atoms with van der Waals surface area (Å²) >= 11 is 3.32. The first kappa shape index (κ1) is 16.0. The van der Waals surface area contributed by atoms with Gasteiger partial charge in [0, 0.05) is 16.6 Å². The topological polar surface area (TPSA) is 81.5 Å². The molecule has 2 rings (SSSR count). The number of non-ortho nitro benzene ring substituents is 1. The van der Waals surface area contributed by atoms with E-state index in [4.69, 9.17) is 4.74 Å². The molecule has 0 atom stereocenters. The van der Waals surface area contributed by atoms with Crippen LogP contribution in [0.4, 0.5) is 11.4 Å². The summed E-state index contributed by atoms with van der Waals surface area (Å²) in [6, 6.07) is 11.4. The number of nitro benzene ring substituents is 1. The molecule has 2 aromatic carbocycles. The monoisotopic (exact) mass is 364 g/mol. The average molecular weight is 365 g/mol. The van der Waals surface area contributed by atoms with Crippen LogP contribution in [0.2, 0.25) is 0 Å². The fourth-order valence-corrected chi connectivity index (χ4v) is 2.15. The summed E-state index contributed by atoms with van der Waals surface area (Å²) in [7, 11) is 1.44. The molecule has 22 heavy (non-hydrogen) atoms. The first-order valence-electron chi connectivity index (χ1n) is 6.36. The van der Waals surface area contributed by atoms with E-state index in [0.29, 0.717) is 5.75 Å². The predicted octanol–water partition coefficient (Wildman–Crippen LogP) is 3.55. The van der Waals surface area contributed by atoms with Crippen molar-refractivity contribution in [1.29, 1.82) is 0 Å². The molecule has 114 valence electrons. The molecule has 0 aliphatic heterocycles. The number of hydrogen-bond donors (Lipinski definition) is 1. The molecule has 1 amide bonds. The molecule has 6 nitrogen and oxygen atoms in total. The van der Waals surface area contributed by atoms with Crippen LogP contribution in [-0.2, 0) is 11.2 Å². The van der Waals surface area contributed by atoms with Crippen LogP contribution in [0, 0.1) is 10.1 Å². The lowest BCUT2D eigenvalue weighted by molar-refractivity contribution is -0.384. The third kappa shape index (κ3) is 4.05. The molecule has 0 heterocycles. The van der Waals surface area contributed by atoms with Gasteiger partial charge in [0.2, 0.25) is 5.91 Å². The van der Waals surface area contributed by atoms with E-state index in [1.165, 1.54) is 25.3 Å². The first-order chi connectivity index (χ1) is 10.5. The largest absolute Gasteiger partial charge is 0.495 e. The maximum Gasteiger partial charge on any atom is 0.271 e. The number of nitrogens with zero attached hydrogens (tertiary/aromatic N) is 1. The molecule has 0 radical (unpaired) electrons. The van der Waals surface area contributed by atoms with Gasteiger partial charge in [0.15, 0.2) is 0 Å². The normalized spacial score (nSPS) is 10.1. The number of anilines is 1. The van der Waals surface area contributed by atoms with Crippen molar-refractivity contribution in [2.24, 2.45) is 0 Å². The highest BCUT2D eigenvalue weighted by atomic mass is 79.9. The summed E-state index contributed by atoms with van der Waals surface area (Å²) in [5.41, 5.74) is 1.00. The number of nitrogens with one attached hydrogen (secondary N) is 1. The van der Waals surface area contributed by atoms with Gasteiger partial charge in [-0.1, -0.05) is 28.1 Å². The highest BCUT2D eigenvalue weighted by molar-refractivity contribution is 9.10. The van der Waals surface area contributed by atoms with Crippen molar-refractivity contribution in [2.45, 2.75) is 6.42 Å². The van der Waals surface area contributed by atoms with Crippen molar-refractivity contribution in [2.75, 3.05) is 12.4 Å². The summed E-state index contributed by atoms with van der Waals surface area (Å²) in [5, 5.41) is 13.4. The van der Waals surface area contributed by atoms with Gasteiger partial charge in [-0.3, -0.25) is 14.9 Å². The van der Waals surface area contributed by atoms with E-state index in [0.717, 1.165) is 10.0 Å². The minimum absolute atomic E-state index is 0.111. The summed E-state index contributed by atoms with van der Waals surface area (Å²) in [6.07, 6.45) is 0.166. The van der Waals surface area contributed by atoms with Gasteiger partial charge >= 0.3 is 0 Å². The second-order valence-corrected chi connectivity index (χ2v) is 5.41. The van der Waals surface area contributed by atoms with Crippen molar-refractivity contribution >= 4 is 33.2 Å². The predicted molar refractivity (Wildman–Crippen MR) is 86.1 cm³/mol. The molecule has 0 fully saturated rings. The van der Waals surface area contributed by atoms with Crippen LogP contribution in [0.25, 0.3) is 0 Å². The van der Waals surface area contributed by atoms with Crippen molar-refractivity contribution in [3.63, 3.8) is 0 Å². The van der Waals surface area contributed by atoms with Crippen LogP contribution >= 0.6 is 15.9 Å². The van der Waals surface area contributed by atoms with E-state index in [-0.39, 0.29) is 23.7 Å². The minimum atomic E-state index is -0.524. The SMILES string of the molecule is COc1ccc([N+](=O)[O-])cc1NC(=O)Cc1ccc(Br)cc1. The maximum atomic E-state index is 12.1. The van der Waals surface area contributed by atoms with Gasteiger partial charge in [0.25, 0.3) is 5.69 Å².